The van der Waals surface area contributed by atoms with Crippen molar-refractivity contribution in [3.63, 3.8) is 0 Å². The lowest BCUT2D eigenvalue weighted by molar-refractivity contribution is -0.130. The molecule has 0 radical (unpaired) electrons. The van der Waals surface area contributed by atoms with Crippen molar-refractivity contribution in [2.75, 3.05) is 20.1 Å². The molecule has 1 fully saturated rings. The van der Waals surface area contributed by atoms with E-state index in [0.717, 1.165) is 13.0 Å². The molecule has 3 amide bonds. The number of hydrogen-bond donors (Lipinski definition) is 1. The highest BCUT2D eigenvalue weighted by molar-refractivity contribution is 7.12. The van der Waals surface area contributed by atoms with Crippen LogP contribution in [0.5, 0.6) is 0 Å². The third kappa shape index (κ3) is 3.50. The Kier molecular flexibility index (Phi) is 4.92. The Labute approximate surface area is 136 Å². The zero-order valence-electron chi connectivity index (χ0n) is 14.0. The number of amides is 3. The molecule has 0 spiro atoms. The first-order valence-electron chi connectivity index (χ1n) is 7.63. The van der Waals surface area contributed by atoms with Gasteiger partial charge in [-0.25, -0.2) is 4.79 Å². The van der Waals surface area contributed by atoms with E-state index >= 15 is 0 Å². The molecule has 122 valence electrons. The number of hydrogen-bond acceptors (Lipinski definition) is 4. The summed E-state index contributed by atoms with van der Waals surface area (Å²) in [6.45, 7) is 9.08. The maximum Gasteiger partial charge on any atom is 0.325 e. The van der Waals surface area contributed by atoms with Gasteiger partial charge >= 0.3 is 6.03 Å². The normalized spacial score (nSPS) is 18.9. The zero-order valence-corrected chi connectivity index (χ0v) is 14.8. The first-order chi connectivity index (χ1) is 10.2. The number of urea groups is 1. The maximum absolute atomic E-state index is 12.1. The van der Waals surface area contributed by atoms with Gasteiger partial charge in [-0.2, -0.15) is 0 Å². The van der Waals surface area contributed by atoms with Crippen LogP contribution in [0.3, 0.4) is 0 Å². The molecule has 6 heteroatoms. The summed E-state index contributed by atoms with van der Waals surface area (Å²) in [7, 11) is 2.08. The van der Waals surface area contributed by atoms with Crippen LogP contribution in [-0.4, -0.2) is 47.4 Å². The van der Waals surface area contributed by atoms with Crippen LogP contribution in [0, 0.1) is 6.92 Å². The monoisotopic (exact) mass is 323 g/mol. The van der Waals surface area contributed by atoms with Crippen molar-refractivity contribution in [2.24, 2.45) is 0 Å². The van der Waals surface area contributed by atoms with Crippen molar-refractivity contribution in [1.29, 1.82) is 0 Å². The van der Waals surface area contributed by atoms with E-state index in [9.17, 15) is 9.59 Å². The molecule has 22 heavy (non-hydrogen) atoms. The molecule has 0 saturated carbocycles. The average molecular weight is 323 g/mol. The van der Waals surface area contributed by atoms with Gasteiger partial charge in [-0.1, -0.05) is 0 Å². The minimum atomic E-state index is -0.773. The van der Waals surface area contributed by atoms with E-state index in [2.05, 4.69) is 43.2 Å². The predicted octanol–water partition coefficient (Wildman–Crippen LogP) is 2.77. The third-order valence-corrected chi connectivity index (χ3v) is 5.34. The van der Waals surface area contributed by atoms with Crippen LogP contribution in [0.25, 0.3) is 0 Å². The fourth-order valence-corrected chi connectivity index (χ4v) is 3.58. The highest BCUT2D eigenvalue weighted by Crippen LogP contribution is 2.26. The topological polar surface area (TPSA) is 52.6 Å². The number of nitrogens with zero attached hydrogens (tertiary/aromatic N) is 2. The van der Waals surface area contributed by atoms with Crippen molar-refractivity contribution in [3.8, 4) is 0 Å². The smallest absolute Gasteiger partial charge is 0.324 e. The predicted molar refractivity (Wildman–Crippen MR) is 89.0 cm³/mol. The van der Waals surface area contributed by atoms with Crippen molar-refractivity contribution >= 4 is 23.3 Å². The fraction of sp³-hybridized carbons (Fsp3) is 0.625. The average Bonchev–Trinajstić information content (AvgIpc) is 2.94. The molecule has 0 aromatic carbocycles. The van der Waals surface area contributed by atoms with E-state index in [1.807, 2.05) is 11.3 Å². The Balaban J connectivity index is 1.83. The Morgan fingerprint density at radius 1 is 1.36 bits per heavy atom. The lowest BCUT2D eigenvalue weighted by Crippen LogP contribution is -2.40. The Bertz CT molecular complexity index is 567. The molecule has 5 nitrogen and oxygen atoms in total. The molecule has 0 unspecified atom stereocenters. The van der Waals surface area contributed by atoms with Crippen LogP contribution in [0.2, 0.25) is 0 Å². The molecule has 1 aromatic heterocycles. The summed E-state index contributed by atoms with van der Waals surface area (Å²) >= 11 is 1.81. The summed E-state index contributed by atoms with van der Waals surface area (Å²) < 4.78 is 0. The van der Waals surface area contributed by atoms with Gasteiger partial charge in [-0.05, 0) is 53.3 Å². The zero-order chi connectivity index (χ0) is 16.5. The number of nitrogens with one attached hydrogen (secondary N) is 1. The van der Waals surface area contributed by atoms with E-state index in [4.69, 9.17) is 0 Å². The van der Waals surface area contributed by atoms with Crippen molar-refractivity contribution in [2.45, 2.75) is 45.7 Å². The first-order valence-corrected chi connectivity index (χ1v) is 8.44. The molecule has 2 heterocycles. The quantitative estimate of drug-likeness (QED) is 0.819. The summed E-state index contributed by atoms with van der Waals surface area (Å²) in [4.78, 5) is 30.2. The SMILES string of the molecule is Cc1ccc([C@@H](C)N(C)CCCN2C(=O)NC(C)(C)C2=O)s1. The highest BCUT2D eigenvalue weighted by Gasteiger charge is 2.43. The summed E-state index contributed by atoms with van der Waals surface area (Å²) in [5, 5.41) is 2.71. The van der Waals surface area contributed by atoms with Gasteiger partial charge < -0.3 is 5.32 Å². The van der Waals surface area contributed by atoms with Crippen LogP contribution < -0.4 is 5.32 Å². The Morgan fingerprint density at radius 3 is 2.55 bits per heavy atom. The lowest BCUT2D eigenvalue weighted by Gasteiger charge is -2.24. The molecule has 1 atom stereocenters. The van der Waals surface area contributed by atoms with Gasteiger partial charge in [0.25, 0.3) is 5.91 Å². The first kappa shape index (κ1) is 17.0. The highest BCUT2D eigenvalue weighted by atomic mass is 32.1. The van der Waals surface area contributed by atoms with Gasteiger partial charge in [-0.3, -0.25) is 14.6 Å². The van der Waals surface area contributed by atoms with E-state index < -0.39 is 5.54 Å². The number of thiophene rings is 1. The minimum Gasteiger partial charge on any atom is -0.324 e. The molecule has 1 aliphatic heterocycles. The number of rotatable bonds is 6. The van der Waals surface area contributed by atoms with E-state index in [1.54, 1.807) is 13.8 Å². The van der Waals surface area contributed by atoms with Crippen LogP contribution in [-0.2, 0) is 4.79 Å². The van der Waals surface area contributed by atoms with Gasteiger partial charge in [-0.15, -0.1) is 11.3 Å². The minimum absolute atomic E-state index is 0.137. The number of carbonyl (C=O) groups excluding carboxylic acids is 2. The Morgan fingerprint density at radius 2 is 2.05 bits per heavy atom. The molecule has 1 aromatic rings. The fourth-order valence-electron chi connectivity index (χ4n) is 2.59. The van der Waals surface area contributed by atoms with Gasteiger partial charge in [0.15, 0.2) is 0 Å². The largest absolute Gasteiger partial charge is 0.325 e. The van der Waals surface area contributed by atoms with E-state index in [1.165, 1.54) is 14.7 Å². The van der Waals surface area contributed by atoms with Crippen LogP contribution >= 0.6 is 11.3 Å². The van der Waals surface area contributed by atoms with Crippen LogP contribution in [0.1, 0.15) is 43.0 Å². The molecular weight excluding hydrogens is 298 g/mol. The van der Waals surface area contributed by atoms with E-state index in [-0.39, 0.29) is 11.9 Å². The summed E-state index contributed by atoms with van der Waals surface area (Å²) in [6, 6.07) is 4.37. The van der Waals surface area contributed by atoms with Crippen molar-refractivity contribution < 1.29 is 9.59 Å². The van der Waals surface area contributed by atoms with Gasteiger partial charge in [0.2, 0.25) is 0 Å². The second-order valence-electron chi connectivity index (χ2n) is 6.47. The molecule has 0 bridgehead atoms. The number of imide groups is 1. The molecule has 0 aliphatic carbocycles. The van der Waals surface area contributed by atoms with Crippen molar-refractivity contribution in [1.82, 2.24) is 15.1 Å². The lowest BCUT2D eigenvalue weighted by atomic mass is 10.1. The Hall–Kier alpha value is -1.40. The summed E-state index contributed by atoms with van der Waals surface area (Å²) in [5.74, 6) is -0.137. The van der Waals surface area contributed by atoms with Crippen LogP contribution in [0.15, 0.2) is 12.1 Å². The maximum atomic E-state index is 12.1. The second kappa shape index (κ2) is 6.38. The van der Waals surface area contributed by atoms with Crippen molar-refractivity contribution in [3.05, 3.63) is 21.9 Å². The summed E-state index contributed by atoms with van der Waals surface area (Å²) in [5.41, 5.74) is -0.773. The third-order valence-electron chi connectivity index (χ3n) is 4.17. The van der Waals surface area contributed by atoms with Crippen LogP contribution in [0.4, 0.5) is 4.79 Å². The number of carbonyl (C=O) groups is 2. The number of aryl methyl sites for hydroxylation is 1. The summed E-state index contributed by atoms with van der Waals surface area (Å²) in [6.07, 6.45) is 0.778. The molecule has 2 rings (SSSR count). The molecule has 1 aliphatic rings. The molecule has 1 saturated heterocycles. The second-order valence-corrected chi connectivity index (χ2v) is 7.79. The molecule has 1 N–H and O–H groups in total. The van der Waals surface area contributed by atoms with Gasteiger partial charge in [0, 0.05) is 28.9 Å². The standard InChI is InChI=1S/C16H25N3O2S/c1-11-7-8-13(22-11)12(2)18(5)9-6-10-19-14(20)16(3,4)17-15(19)21/h7-8,12H,6,9-10H2,1-5H3,(H,17,21)/t12-/m1/s1. The van der Waals surface area contributed by atoms with Gasteiger partial charge in [0.1, 0.15) is 5.54 Å². The molecular formula is C16H25N3O2S. The van der Waals surface area contributed by atoms with E-state index in [0.29, 0.717) is 12.6 Å². The van der Waals surface area contributed by atoms with Gasteiger partial charge in [0.05, 0.1) is 0 Å².